The van der Waals surface area contributed by atoms with E-state index in [1.54, 1.807) is 17.0 Å². The summed E-state index contributed by atoms with van der Waals surface area (Å²) in [6.45, 7) is 0.355. The highest BCUT2D eigenvalue weighted by atomic mass is 32.1. The zero-order valence-corrected chi connectivity index (χ0v) is 16.2. The largest absolute Gasteiger partial charge is 0.459 e. The van der Waals surface area contributed by atoms with Gasteiger partial charge in [0.25, 0.3) is 5.91 Å². The molecule has 2 aromatic carbocycles. The molecule has 6 nitrogen and oxygen atoms in total. The molecule has 3 heterocycles. The maximum absolute atomic E-state index is 13.2. The van der Waals surface area contributed by atoms with Crippen molar-refractivity contribution in [1.82, 2.24) is 9.88 Å². The molecule has 0 spiro atoms. The number of carbonyl (C=O) groups excluding carboxylic acids is 2. The number of rotatable bonds is 3. The van der Waals surface area contributed by atoms with Crippen LogP contribution < -0.4 is 5.32 Å². The van der Waals surface area contributed by atoms with Gasteiger partial charge in [0.1, 0.15) is 6.04 Å². The van der Waals surface area contributed by atoms with Crippen LogP contribution >= 0.6 is 11.3 Å². The van der Waals surface area contributed by atoms with E-state index in [1.165, 1.54) is 17.6 Å². The lowest BCUT2D eigenvalue weighted by atomic mass is 9.93. The number of nitrogens with one attached hydrogen (secondary N) is 1. The van der Waals surface area contributed by atoms with Crippen molar-refractivity contribution in [2.75, 3.05) is 5.32 Å². The highest BCUT2D eigenvalue weighted by molar-refractivity contribution is 7.22. The van der Waals surface area contributed by atoms with Gasteiger partial charge in [-0.15, -0.1) is 0 Å². The smallest absolute Gasteiger partial charge is 0.290 e. The van der Waals surface area contributed by atoms with Crippen LogP contribution in [0.2, 0.25) is 0 Å². The molecule has 0 bridgehead atoms. The van der Waals surface area contributed by atoms with E-state index in [2.05, 4.69) is 10.3 Å². The Labute approximate surface area is 170 Å². The lowest BCUT2D eigenvalue weighted by Gasteiger charge is -2.35. The van der Waals surface area contributed by atoms with Crippen LogP contribution in [0.25, 0.3) is 10.2 Å². The number of carbonyl (C=O) groups is 2. The summed E-state index contributed by atoms with van der Waals surface area (Å²) in [5, 5.41) is 3.43. The first-order valence-corrected chi connectivity index (χ1v) is 10.1. The van der Waals surface area contributed by atoms with Crippen LogP contribution in [0.15, 0.2) is 71.3 Å². The van der Waals surface area contributed by atoms with Gasteiger partial charge in [0.2, 0.25) is 5.91 Å². The quantitative estimate of drug-likeness (QED) is 0.559. The molecular formula is C22H17N3O3S. The Bertz CT molecular complexity index is 1170. The Hall–Kier alpha value is -3.45. The van der Waals surface area contributed by atoms with Gasteiger partial charge >= 0.3 is 0 Å². The second kappa shape index (κ2) is 7.18. The number of hydrogen-bond acceptors (Lipinski definition) is 5. The molecule has 1 aliphatic rings. The van der Waals surface area contributed by atoms with Crippen molar-refractivity contribution >= 4 is 38.5 Å². The molecule has 0 saturated carbocycles. The summed E-state index contributed by atoms with van der Waals surface area (Å²) in [5.74, 6) is -0.324. The SMILES string of the molecule is O=C(Nc1nc2ccccc2s1)[C@H]1Cc2ccccc2CN1C(=O)c1ccco1. The van der Waals surface area contributed by atoms with Crippen LogP contribution in [0, 0.1) is 0 Å². The molecule has 2 aromatic heterocycles. The van der Waals surface area contributed by atoms with E-state index < -0.39 is 6.04 Å². The minimum atomic E-state index is -0.644. The van der Waals surface area contributed by atoms with Gasteiger partial charge in [-0.25, -0.2) is 4.98 Å². The first-order chi connectivity index (χ1) is 14.2. The van der Waals surface area contributed by atoms with Gasteiger partial charge in [0, 0.05) is 13.0 Å². The number of amides is 2. The van der Waals surface area contributed by atoms with E-state index in [0.717, 1.165) is 21.3 Å². The third kappa shape index (κ3) is 3.30. The lowest BCUT2D eigenvalue weighted by Crippen LogP contribution is -2.50. The second-order valence-electron chi connectivity index (χ2n) is 6.87. The van der Waals surface area contributed by atoms with Crippen molar-refractivity contribution in [3.63, 3.8) is 0 Å². The standard InChI is InChI=1S/C22H17N3O3S/c26-20(24-22-23-16-8-3-4-10-19(16)29-22)17-12-14-6-1-2-7-15(14)13-25(17)21(27)18-9-5-11-28-18/h1-11,17H,12-13H2,(H,23,24,26)/t17-/m1/s1. The summed E-state index contributed by atoms with van der Waals surface area (Å²) in [6.07, 6.45) is 1.90. The number of benzene rings is 2. The fraction of sp³-hybridized carbons (Fsp3) is 0.136. The number of fused-ring (bicyclic) bond motifs is 2. The molecule has 7 heteroatoms. The van der Waals surface area contributed by atoms with E-state index in [4.69, 9.17) is 4.42 Å². The maximum atomic E-state index is 13.2. The molecule has 0 aliphatic carbocycles. The molecule has 4 aromatic rings. The molecule has 0 saturated heterocycles. The predicted molar refractivity (Wildman–Crippen MR) is 111 cm³/mol. The molecule has 0 fully saturated rings. The van der Waals surface area contributed by atoms with Gasteiger partial charge in [-0.3, -0.25) is 9.59 Å². The lowest BCUT2D eigenvalue weighted by molar-refractivity contribution is -0.121. The molecule has 144 valence electrons. The van der Waals surface area contributed by atoms with E-state index in [0.29, 0.717) is 18.1 Å². The average molecular weight is 403 g/mol. The van der Waals surface area contributed by atoms with E-state index in [-0.39, 0.29) is 17.6 Å². The fourth-order valence-corrected chi connectivity index (χ4v) is 4.50. The summed E-state index contributed by atoms with van der Waals surface area (Å²) in [6, 6.07) is 18.2. The van der Waals surface area contributed by atoms with Gasteiger partial charge in [-0.05, 0) is 35.4 Å². The second-order valence-corrected chi connectivity index (χ2v) is 7.91. The Morgan fingerprint density at radius 1 is 1.03 bits per heavy atom. The number of furan rings is 1. The van der Waals surface area contributed by atoms with Crippen molar-refractivity contribution in [2.24, 2.45) is 0 Å². The Kier molecular flexibility index (Phi) is 4.37. The van der Waals surface area contributed by atoms with Crippen LogP contribution in [0.4, 0.5) is 5.13 Å². The zero-order chi connectivity index (χ0) is 19.8. The van der Waals surface area contributed by atoms with Gasteiger partial charge in [-0.2, -0.15) is 0 Å². The summed E-state index contributed by atoms with van der Waals surface area (Å²) < 4.78 is 6.29. The number of nitrogens with zero attached hydrogens (tertiary/aromatic N) is 2. The summed E-state index contributed by atoms with van der Waals surface area (Å²) >= 11 is 1.42. The molecule has 1 aliphatic heterocycles. The van der Waals surface area contributed by atoms with Crippen molar-refractivity contribution in [3.05, 3.63) is 83.8 Å². The van der Waals surface area contributed by atoms with Crippen LogP contribution in [-0.2, 0) is 17.8 Å². The highest BCUT2D eigenvalue weighted by Gasteiger charge is 2.36. The normalized spacial score (nSPS) is 15.9. The highest BCUT2D eigenvalue weighted by Crippen LogP contribution is 2.28. The number of aromatic nitrogens is 1. The third-order valence-corrected chi connectivity index (χ3v) is 6.02. The number of para-hydroxylation sites is 1. The molecular weight excluding hydrogens is 386 g/mol. The molecule has 0 radical (unpaired) electrons. The van der Waals surface area contributed by atoms with E-state index >= 15 is 0 Å². The predicted octanol–water partition coefficient (Wildman–Crippen LogP) is 4.10. The Balaban J connectivity index is 1.46. The number of hydrogen-bond donors (Lipinski definition) is 1. The van der Waals surface area contributed by atoms with Crippen LogP contribution in [-0.4, -0.2) is 27.7 Å². The third-order valence-electron chi connectivity index (χ3n) is 5.07. The summed E-state index contributed by atoms with van der Waals surface area (Å²) in [5.41, 5.74) is 2.95. The number of anilines is 1. The molecule has 1 N–H and O–H groups in total. The van der Waals surface area contributed by atoms with Gasteiger partial charge in [-0.1, -0.05) is 47.7 Å². The van der Waals surface area contributed by atoms with E-state index in [1.807, 2.05) is 48.5 Å². The molecule has 29 heavy (non-hydrogen) atoms. The monoisotopic (exact) mass is 403 g/mol. The molecule has 0 unspecified atom stereocenters. The number of thiazole rings is 1. The first kappa shape index (κ1) is 17.6. The van der Waals surface area contributed by atoms with Crippen LogP contribution in [0.1, 0.15) is 21.7 Å². The van der Waals surface area contributed by atoms with Crippen LogP contribution in [0.3, 0.4) is 0 Å². The van der Waals surface area contributed by atoms with Gasteiger partial charge in [0.15, 0.2) is 10.9 Å². The summed E-state index contributed by atoms with van der Waals surface area (Å²) in [4.78, 5) is 32.2. The van der Waals surface area contributed by atoms with Gasteiger partial charge in [0.05, 0.1) is 16.5 Å². The first-order valence-electron chi connectivity index (χ1n) is 9.27. The molecule has 2 amide bonds. The summed E-state index contributed by atoms with van der Waals surface area (Å²) in [7, 11) is 0. The van der Waals surface area contributed by atoms with Crippen molar-refractivity contribution in [3.8, 4) is 0 Å². The molecule has 5 rings (SSSR count). The minimum absolute atomic E-state index is 0.224. The molecule has 1 atom stereocenters. The average Bonchev–Trinajstić information content (AvgIpc) is 3.41. The Morgan fingerprint density at radius 2 is 1.83 bits per heavy atom. The van der Waals surface area contributed by atoms with Crippen LogP contribution in [0.5, 0.6) is 0 Å². The maximum Gasteiger partial charge on any atom is 0.290 e. The fourth-order valence-electron chi connectivity index (χ4n) is 3.63. The van der Waals surface area contributed by atoms with Crippen molar-refractivity contribution in [2.45, 2.75) is 19.0 Å². The zero-order valence-electron chi connectivity index (χ0n) is 15.4. The van der Waals surface area contributed by atoms with Gasteiger partial charge < -0.3 is 14.6 Å². The Morgan fingerprint density at radius 3 is 2.62 bits per heavy atom. The van der Waals surface area contributed by atoms with Crippen molar-refractivity contribution in [1.29, 1.82) is 0 Å². The van der Waals surface area contributed by atoms with Crippen molar-refractivity contribution < 1.29 is 14.0 Å². The minimum Gasteiger partial charge on any atom is -0.459 e. The topological polar surface area (TPSA) is 75.4 Å². The van der Waals surface area contributed by atoms with E-state index in [9.17, 15) is 9.59 Å².